The third kappa shape index (κ3) is 5.21. The number of amides is 2. The summed E-state index contributed by atoms with van der Waals surface area (Å²) in [5, 5.41) is 19.1. The van der Waals surface area contributed by atoms with Crippen molar-refractivity contribution in [1.82, 2.24) is 20.8 Å². The summed E-state index contributed by atoms with van der Waals surface area (Å²) in [5.74, 6) is 1.59. The molecule has 30 heavy (non-hydrogen) atoms. The molecule has 3 N–H and O–H groups in total. The number of aromatic hydroxyl groups is 1. The van der Waals surface area contributed by atoms with Gasteiger partial charge in [0.15, 0.2) is 11.6 Å². The van der Waals surface area contributed by atoms with Gasteiger partial charge in [-0.05, 0) is 38.2 Å². The fourth-order valence-electron chi connectivity index (χ4n) is 3.41. The van der Waals surface area contributed by atoms with Crippen LogP contribution in [0.1, 0.15) is 42.5 Å². The maximum Gasteiger partial charge on any atom is 0.246 e. The number of nitrogens with one attached hydrogen (secondary N) is 2. The molecule has 162 valence electrons. The van der Waals surface area contributed by atoms with Crippen molar-refractivity contribution < 1.29 is 23.6 Å². The summed E-state index contributed by atoms with van der Waals surface area (Å²) < 4.78 is 10.6. The summed E-state index contributed by atoms with van der Waals surface area (Å²) in [6, 6.07) is 1.22. The molecule has 0 saturated carbocycles. The SMILES string of the molecule is Cc1noc(CNC(=O)CNC(=O)CC2(c3oc(C)cc(=O)c3O)CCSCC2)n1. The molecule has 1 aliphatic heterocycles. The molecule has 1 aliphatic rings. The molecule has 2 amide bonds. The predicted molar refractivity (Wildman–Crippen MR) is 108 cm³/mol. The first-order chi connectivity index (χ1) is 14.3. The molecule has 0 spiro atoms. The predicted octanol–water partition coefficient (Wildman–Crippen LogP) is 0.933. The van der Waals surface area contributed by atoms with Crippen LogP contribution in [0.5, 0.6) is 5.75 Å². The van der Waals surface area contributed by atoms with Crippen molar-refractivity contribution in [3.63, 3.8) is 0 Å². The van der Waals surface area contributed by atoms with E-state index in [1.165, 1.54) is 6.07 Å². The van der Waals surface area contributed by atoms with Crippen LogP contribution in [0.25, 0.3) is 0 Å². The van der Waals surface area contributed by atoms with E-state index in [0.29, 0.717) is 24.4 Å². The highest BCUT2D eigenvalue weighted by atomic mass is 32.2. The molecular weight excluding hydrogens is 412 g/mol. The maximum absolute atomic E-state index is 12.6. The fourth-order valence-corrected chi connectivity index (χ4v) is 4.68. The van der Waals surface area contributed by atoms with Gasteiger partial charge >= 0.3 is 0 Å². The second-order valence-corrected chi connectivity index (χ2v) is 8.48. The highest BCUT2D eigenvalue weighted by molar-refractivity contribution is 7.99. The minimum Gasteiger partial charge on any atom is -0.502 e. The van der Waals surface area contributed by atoms with Gasteiger partial charge in [-0.3, -0.25) is 14.4 Å². The molecule has 0 aliphatic carbocycles. The third-order valence-corrected chi connectivity index (χ3v) is 5.91. The molecule has 3 heterocycles. The highest BCUT2D eigenvalue weighted by Gasteiger charge is 2.41. The van der Waals surface area contributed by atoms with Crippen molar-refractivity contribution in [2.24, 2.45) is 0 Å². The summed E-state index contributed by atoms with van der Waals surface area (Å²) in [6.45, 7) is 3.15. The zero-order chi connectivity index (χ0) is 21.7. The summed E-state index contributed by atoms with van der Waals surface area (Å²) >= 11 is 1.74. The molecule has 0 bridgehead atoms. The largest absolute Gasteiger partial charge is 0.502 e. The first-order valence-electron chi connectivity index (χ1n) is 9.53. The first-order valence-corrected chi connectivity index (χ1v) is 10.7. The van der Waals surface area contributed by atoms with Gasteiger partial charge in [0.2, 0.25) is 28.9 Å². The number of hydrogen-bond acceptors (Lipinski definition) is 9. The van der Waals surface area contributed by atoms with Crippen LogP contribution in [-0.4, -0.2) is 45.1 Å². The number of aryl methyl sites for hydroxylation is 2. The van der Waals surface area contributed by atoms with Crippen LogP contribution < -0.4 is 16.1 Å². The van der Waals surface area contributed by atoms with Crippen LogP contribution in [0, 0.1) is 13.8 Å². The minimum atomic E-state index is -0.789. The van der Waals surface area contributed by atoms with E-state index in [0.717, 1.165) is 11.5 Å². The van der Waals surface area contributed by atoms with Gasteiger partial charge in [-0.15, -0.1) is 0 Å². The normalized spacial score (nSPS) is 15.5. The second kappa shape index (κ2) is 9.33. The van der Waals surface area contributed by atoms with Gasteiger partial charge in [0.25, 0.3) is 0 Å². The lowest BCUT2D eigenvalue weighted by Crippen LogP contribution is -2.41. The van der Waals surface area contributed by atoms with Gasteiger partial charge < -0.3 is 24.7 Å². The zero-order valence-corrected chi connectivity index (χ0v) is 17.6. The van der Waals surface area contributed by atoms with Crippen molar-refractivity contribution in [3.05, 3.63) is 39.5 Å². The number of thioether (sulfide) groups is 1. The Bertz CT molecular complexity index is 980. The average molecular weight is 436 g/mol. The van der Waals surface area contributed by atoms with Gasteiger partial charge in [-0.1, -0.05) is 5.16 Å². The minimum absolute atomic E-state index is 0.00362. The Morgan fingerprint density at radius 3 is 2.63 bits per heavy atom. The lowest BCUT2D eigenvalue weighted by Gasteiger charge is -2.35. The average Bonchev–Trinajstić information content (AvgIpc) is 3.13. The number of nitrogens with zero attached hydrogens (tertiary/aromatic N) is 2. The molecular formula is C19H24N4O6S. The molecule has 11 heteroatoms. The van der Waals surface area contributed by atoms with Gasteiger partial charge in [0.1, 0.15) is 5.76 Å². The monoisotopic (exact) mass is 436 g/mol. The Hall–Kier alpha value is -2.82. The number of hydrogen-bond donors (Lipinski definition) is 3. The molecule has 1 saturated heterocycles. The van der Waals surface area contributed by atoms with E-state index in [4.69, 9.17) is 8.94 Å². The Labute approximate surface area is 176 Å². The summed E-state index contributed by atoms with van der Waals surface area (Å²) in [5.41, 5.74) is -1.31. The Morgan fingerprint density at radius 2 is 1.97 bits per heavy atom. The summed E-state index contributed by atoms with van der Waals surface area (Å²) in [4.78, 5) is 40.6. The lowest BCUT2D eigenvalue weighted by atomic mass is 9.75. The van der Waals surface area contributed by atoms with E-state index in [9.17, 15) is 19.5 Å². The van der Waals surface area contributed by atoms with Gasteiger partial charge in [-0.25, -0.2) is 0 Å². The zero-order valence-electron chi connectivity index (χ0n) is 16.8. The van der Waals surface area contributed by atoms with Crippen LogP contribution in [-0.2, 0) is 21.5 Å². The standard InChI is InChI=1S/C19H24N4O6S/c1-11-7-13(24)17(27)18(28-11)19(3-5-30-6-4-19)8-14(25)20-9-15(26)21-10-16-22-12(2)23-29-16/h7,27H,3-6,8-10H2,1-2H3,(H,20,25)(H,21,26). The first kappa shape index (κ1) is 21.9. The van der Waals surface area contributed by atoms with E-state index < -0.39 is 22.5 Å². The molecule has 0 unspecified atom stereocenters. The van der Waals surface area contributed by atoms with E-state index >= 15 is 0 Å². The van der Waals surface area contributed by atoms with E-state index in [2.05, 4.69) is 20.8 Å². The van der Waals surface area contributed by atoms with Crippen molar-refractivity contribution in [2.45, 2.75) is 45.1 Å². The Balaban J connectivity index is 1.63. The van der Waals surface area contributed by atoms with Crippen molar-refractivity contribution in [1.29, 1.82) is 0 Å². The van der Waals surface area contributed by atoms with Gasteiger partial charge in [-0.2, -0.15) is 16.7 Å². The molecule has 2 aromatic rings. The summed E-state index contributed by atoms with van der Waals surface area (Å²) in [6.07, 6.45) is 1.16. The molecule has 0 radical (unpaired) electrons. The van der Waals surface area contributed by atoms with Crippen LogP contribution >= 0.6 is 11.8 Å². The van der Waals surface area contributed by atoms with Crippen molar-refractivity contribution in [2.75, 3.05) is 18.1 Å². The second-order valence-electron chi connectivity index (χ2n) is 7.26. The number of carbonyl (C=O) groups is 2. The Morgan fingerprint density at radius 1 is 1.23 bits per heavy atom. The number of rotatable bonds is 7. The van der Waals surface area contributed by atoms with Crippen LogP contribution in [0.4, 0.5) is 0 Å². The topological polar surface area (TPSA) is 148 Å². The highest BCUT2D eigenvalue weighted by Crippen LogP contribution is 2.43. The van der Waals surface area contributed by atoms with E-state index in [1.54, 1.807) is 25.6 Å². The Kier molecular flexibility index (Phi) is 6.80. The van der Waals surface area contributed by atoms with Gasteiger partial charge in [0, 0.05) is 17.9 Å². The smallest absolute Gasteiger partial charge is 0.246 e. The molecule has 3 rings (SSSR count). The van der Waals surface area contributed by atoms with Gasteiger partial charge in [0.05, 0.1) is 13.1 Å². The summed E-state index contributed by atoms with van der Waals surface area (Å²) in [7, 11) is 0. The van der Waals surface area contributed by atoms with E-state index in [-0.39, 0.29) is 37.1 Å². The lowest BCUT2D eigenvalue weighted by molar-refractivity contribution is -0.127. The van der Waals surface area contributed by atoms with E-state index in [1.807, 2.05) is 0 Å². The molecule has 0 aromatic carbocycles. The fraction of sp³-hybridized carbons (Fsp3) is 0.526. The molecule has 10 nitrogen and oxygen atoms in total. The van der Waals surface area contributed by atoms with Crippen LogP contribution in [0.15, 0.2) is 19.8 Å². The number of aromatic nitrogens is 2. The molecule has 1 fully saturated rings. The number of carbonyl (C=O) groups excluding carboxylic acids is 2. The third-order valence-electron chi connectivity index (χ3n) is 4.93. The van der Waals surface area contributed by atoms with Crippen LogP contribution in [0.2, 0.25) is 0 Å². The quantitative estimate of drug-likeness (QED) is 0.576. The molecule has 0 atom stereocenters. The van der Waals surface area contributed by atoms with Crippen LogP contribution in [0.3, 0.4) is 0 Å². The van der Waals surface area contributed by atoms with Crippen molar-refractivity contribution >= 4 is 23.6 Å². The van der Waals surface area contributed by atoms with Crippen molar-refractivity contribution in [3.8, 4) is 5.75 Å². The molecule has 2 aromatic heterocycles. The maximum atomic E-state index is 12.6.